The fourth-order valence-corrected chi connectivity index (χ4v) is 0.752. The highest BCUT2D eigenvalue weighted by Gasteiger charge is 1.98. The predicted molar refractivity (Wildman–Crippen MR) is 46.5 cm³/mol. The molecule has 0 heterocycles. The van der Waals surface area contributed by atoms with E-state index in [0.717, 1.165) is 19.3 Å². The molecule has 0 saturated heterocycles. The second kappa shape index (κ2) is 10.2. The van der Waals surface area contributed by atoms with Gasteiger partial charge in [0.15, 0.2) is 0 Å². The van der Waals surface area contributed by atoms with Crippen LogP contribution in [0.25, 0.3) is 0 Å². The van der Waals surface area contributed by atoms with Gasteiger partial charge in [-0.1, -0.05) is 19.8 Å². The molecule has 62 valence electrons. The van der Waals surface area contributed by atoms with Gasteiger partial charge in [-0.25, -0.2) is 0 Å². The molecule has 0 spiro atoms. The van der Waals surface area contributed by atoms with Gasteiger partial charge in [-0.2, -0.15) is 0 Å². The molecule has 3 heteroatoms. The number of unbranched alkanes of at least 4 members (excludes halogenated alkanes) is 2. The van der Waals surface area contributed by atoms with Gasteiger partial charge in [0, 0.05) is 29.5 Å². The summed E-state index contributed by atoms with van der Waals surface area (Å²) < 4.78 is 4.75. The molecule has 0 amide bonds. The van der Waals surface area contributed by atoms with Gasteiger partial charge in [0.1, 0.15) is 0 Å². The van der Waals surface area contributed by atoms with Crippen molar-refractivity contribution in [1.82, 2.24) is 0 Å². The third kappa shape index (κ3) is 10.2. The summed E-state index contributed by atoms with van der Waals surface area (Å²) in [6.07, 6.45) is 3.83. The van der Waals surface area contributed by atoms with E-state index in [4.69, 9.17) is 4.74 Å². The van der Waals surface area contributed by atoms with E-state index in [1.807, 2.05) is 6.92 Å². The Labute approximate surface area is 84.8 Å². The molecule has 0 aliphatic heterocycles. The van der Waals surface area contributed by atoms with E-state index in [1.54, 1.807) is 0 Å². The standard InChI is InChI=1S/C8H16O2.Mg/c1-3-5-6-7-8(9)10-4-2;/h3-7H2,1-2H3;. The molecule has 0 aromatic rings. The Morgan fingerprint density at radius 3 is 2.36 bits per heavy atom. The monoisotopic (exact) mass is 168 g/mol. The van der Waals surface area contributed by atoms with Crippen LogP contribution in [0, 0.1) is 0 Å². The molecule has 0 N–H and O–H groups in total. The molecule has 0 bridgehead atoms. The average molecular weight is 169 g/mol. The van der Waals surface area contributed by atoms with Crippen molar-refractivity contribution in [1.29, 1.82) is 0 Å². The fourth-order valence-electron chi connectivity index (χ4n) is 0.752. The molecule has 11 heavy (non-hydrogen) atoms. The van der Waals surface area contributed by atoms with Crippen molar-refractivity contribution >= 4 is 29.0 Å². The SMILES string of the molecule is CCCCCC(=O)OCC.[Mg]. The normalized spacial score (nSPS) is 8.55. The van der Waals surface area contributed by atoms with E-state index in [2.05, 4.69) is 6.92 Å². The van der Waals surface area contributed by atoms with Crippen LogP contribution in [0.4, 0.5) is 0 Å². The van der Waals surface area contributed by atoms with Crippen molar-refractivity contribution in [2.24, 2.45) is 0 Å². The first-order valence-electron chi connectivity index (χ1n) is 3.96. The molecule has 0 rings (SSSR count). The van der Waals surface area contributed by atoms with Crippen LogP contribution in [0.5, 0.6) is 0 Å². The molecule has 0 fully saturated rings. The van der Waals surface area contributed by atoms with Crippen LogP contribution in [0.3, 0.4) is 0 Å². The van der Waals surface area contributed by atoms with E-state index >= 15 is 0 Å². The van der Waals surface area contributed by atoms with Crippen LogP contribution in [-0.4, -0.2) is 35.6 Å². The number of hydrogen-bond acceptors (Lipinski definition) is 2. The van der Waals surface area contributed by atoms with Gasteiger partial charge in [-0.15, -0.1) is 0 Å². The smallest absolute Gasteiger partial charge is 0.305 e. The van der Waals surface area contributed by atoms with Crippen LogP contribution >= 0.6 is 0 Å². The van der Waals surface area contributed by atoms with Crippen molar-refractivity contribution in [3.63, 3.8) is 0 Å². The van der Waals surface area contributed by atoms with E-state index in [1.165, 1.54) is 0 Å². The number of carbonyl (C=O) groups excluding carboxylic acids is 1. The Hall–Kier alpha value is 0.236. The van der Waals surface area contributed by atoms with E-state index in [0.29, 0.717) is 13.0 Å². The highest BCUT2D eigenvalue weighted by Crippen LogP contribution is 1.99. The maximum Gasteiger partial charge on any atom is 0.305 e. The van der Waals surface area contributed by atoms with E-state index in [9.17, 15) is 4.79 Å². The lowest BCUT2D eigenvalue weighted by Gasteiger charge is -1.99. The molecule has 0 unspecified atom stereocenters. The number of rotatable bonds is 5. The fraction of sp³-hybridized carbons (Fsp3) is 0.875. The molecule has 0 aliphatic rings. The minimum atomic E-state index is -0.0593. The molecular weight excluding hydrogens is 152 g/mol. The molecule has 0 aliphatic carbocycles. The maximum atomic E-state index is 10.7. The van der Waals surface area contributed by atoms with Crippen LogP contribution in [0.2, 0.25) is 0 Å². The Morgan fingerprint density at radius 2 is 1.91 bits per heavy atom. The number of carbonyl (C=O) groups is 1. The van der Waals surface area contributed by atoms with Crippen molar-refractivity contribution < 1.29 is 9.53 Å². The minimum Gasteiger partial charge on any atom is -0.466 e. The van der Waals surface area contributed by atoms with Gasteiger partial charge in [0.25, 0.3) is 0 Å². The summed E-state index contributed by atoms with van der Waals surface area (Å²) in [7, 11) is 0. The lowest BCUT2D eigenvalue weighted by atomic mass is 10.2. The van der Waals surface area contributed by atoms with Gasteiger partial charge >= 0.3 is 5.97 Å². The lowest BCUT2D eigenvalue weighted by Crippen LogP contribution is -2.02. The highest BCUT2D eigenvalue weighted by molar-refractivity contribution is 5.75. The zero-order valence-corrected chi connectivity index (χ0v) is 8.97. The summed E-state index contributed by atoms with van der Waals surface area (Å²) in [5.41, 5.74) is 0. The van der Waals surface area contributed by atoms with Gasteiger partial charge < -0.3 is 4.74 Å². The summed E-state index contributed by atoms with van der Waals surface area (Å²) in [4.78, 5) is 10.7. The molecule has 0 aromatic carbocycles. The Morgan fingerprint density at radius 1 is 1.27 bits per heavy atom. The Bertz CT molecular complexity index is 94.1. The number of ether oxygens (including phenoxy) is 1. The predicted octanol–water partition coefficient (Wildman–Crippen LogP) is 1.75. The Kier molecular flexibility index (Phi) is 12.8. The summed E-state index contributed by atoms with van der Waals surface area (Å²) in [6.45, 7) is 4.45. The van der Waals surface area contributed by atoms with E-state index in [-0.39, 0.29) is 29.0 Å². The van der Waals surface area contributed by atoms with Gasteiger partial charge in [0.2, 0.25) is 0 Å². The minimum absolute atomic E-state index is 0. The van der Waals surface area contributed by atoms with Crippen molar-refractivity contribution in [3.8, 4) is 0 Å². The number of hydrogen-bond donors (Lipinski definition) is 0. The molecule has 2 radical (unpaired) electrons. The van der Waals surface area contributed by atoms with Gasteiger partial charge in [-0.05, 0) is 13.3 Å². The van der Waals surface area contributed by atoms with Crippen molar-refractivity contribution in [3.05, 3.63) is 0 Å². The second-order valence-corrected chi connectivity index (χ2v) is 2.26. The topological polar surface area (TPSA) is 26.3 Å². The third-order valence-electron chi connectivity index (χ3n) is 1.29. The van der Waals surface area contributed by atoms with Crippen LogP contribution in [0.15, 0.2) is 0 Å². The second-order valence-electron chi connectivity index (χ2n) is 2.26. The Balaban J connectivity index is 0. The zero-order chi connectivity index (χ0) is 7.82. The largest absolute Gasteiger partial charge is 0.466 e. The van der Waals surface area contributed by atoms with E-state index < -0.39 is 0 Å². The zero-order valence-electron chi connectivity index (χ0n) is 7.56. The first-order valence-corrected chi connectivity index (χ1v) is 3.96. The first kappa shape index (κ1) is 13.8. The van der Waals surface area contributed by atoms with Crippen molar-refractivity contribution in [2.75, 3.05) is 6.61 Å². The summed E-state index contributed by atoms with van der Waals surface area (Å²) in [6, 6.07) is 0. The van der Waals surface area contributed by atoms with Crippen LogP contribution < -0.4 is 0 Å². The molecule has 0 atom stereocenters. The number of esters is 1. The highest BCUT2D eigenvalue weighted by atomic mass is 24.3. The first-order chi connectivity index (χ1) is 4.81. The lowest BCUT2D eigenvalue weighted by molar-refractivity contribution is -0.143. The third-order valence-corrected chi connectivity index (χ3v) is 1.29. The summed E-state index contributed by atoms with van der Waals surface area (Å²) >= 11 is 0. The average Bonchev–Trinajstić information content (AvgIpc) is 1.89. The molecule has 2 nitrogen and oxygen atoms in total. The summed E-state index contributed by atoms with van der Waals surface area (Å²) in [5.74, 6) is -0.0593. The van der Waals surface area contributed by atoms with Crippen LogP contribution in [0.1, 0.15) is 39.5 Å². The summed E-state index contributed by atoms with van der Waals surface area (Å²) in [5, 5.41) is 0. The van der Waals surface area contributed by atoms with Crippen molar-refractivity contribution in [2.45, 2.75) is 39.5 Å². The molecule has 0 aromatic heterocycles. The quantitative estimate of drug-likeness (QED) is 0.355. The van der Waals surface area contributed by atoms with Crippen LogP contribution in [-0.2, 0) is 9.53 Å². The molecule has 0 saturated carbocycles. The van der Waals surface area contributed by atoms with Gasteiger partial charge in [-0.3, -0.25) is 4.79 Å². The van der Waals surface area contributed by atoms with Gasteiger partial charge in [0.05, 0.1) is 6.61 Å². The molecular formula is C8H16MgO2. The maximum absolute atomic E-state index is 10.7.